The Kier molecular flexibility index (Phi) is 4.09. The fourth-order valence-electron chi connectivity index (χ4n) is 2.68. The molecule has 0 saturated heterocycles. The van der Waals surface area contributed by atoms with Crippen LogP contribution in [0.1, 0.15) is 11.1 Å². The molecule has 2 aromatic carbocycles. The number of nitrogens with one attached hydrogen (secondary N) is 1. The Labute approximate surface area is 142 Å². The van der Waals surface area contributed by atoms with Crippen molar-refractivity contribution in [2.75, 3.05) is 19.0 Å². The highest BCUT2D eigenvalue weighted by Gasteiger charge is 2.11. The van der Waals surface area contributed by atoms with Gasteiger partial charge in [-0.15, -0.1) is 0 Å². The number of rotatable bonds is 4. The zero-order valence-corrected chi connectivity index (χ0v) is 14.4. The summed E-state index contributed by atoms with van der Waals surface area (Å²) < 4.78 is 1.05. The molecule has 0 aliphatic carbocycles. The van der Waals surface area contributed by atoms with E-state index < -0.39 is 0 Å². The van der Waals surface area contributed by atoms with E-state index in [1.54, 1.807) is 12.1 Å². The van der Waals surface area contributed by atoms with E-state index in [-0.39, 0.29) is 10.6 Å². The lowest BCUT2D eigenvalue weighted by Gasteiger charge is -2.15. The van der Waals surface area contributed by atoms with Crippen LogP contribution in [0.4, 0.5) is 11.4 Å². The normalized spacial score (nSPS) is 10.9. The molecule has 1 N–H and O–H groups in total. The second kappa shape index (κ2) is 6.04. The predicted molar refractivity (Wildman–Crippen MR) is 96.2 cm³/mol. The SMILES string of the molecule is CN(C)c1ccc(Cc2c[nH]c3cc([N+](=O)[O-])ccc23)cc1Br. The van der Waals surface area contributed by atoms with Gasteiger partial charge in [-0.2, -0.15) is 0 Å². The summed E-state index contributed by atoms with van der Waals surface area (Å²) in [5, 5.41) is 11.9. The number of anilines is 1. The first-order valence-corrected chi connectivity index (χ1v) is 7.95. The van der Waals surface area contributed by atoms with Gasteiger partial charge >= 0.3 is 0 Å². The molecule has 0 radical (unpaired) electrons. The van der Waals surface area contributed by atoms with Crippen molar-refractivity contribution in [3.05, 3.63) is 68.3 Å². The zero-order valence-electron chi connectivity index (χ0n) is 12.8. The molecule has 5 nitrogen and oxygen atoms in total. The summed E-state index contributed by atoms with van der Waals surface area (Å²) in [4.78, 5) is 15.6. The van der Waals surface area contributed by atoms with Gasteiger partial charge in [0.2, 0.25) is 0 Å². The lowest BCUT2D eigenvalue weighted by atomic mass is 10.0. The van der Waals surface area contributed by atoms with Crippen LogP contribution in [0.5, 0.6) is 0 Å². The van der Waals surface area contributed by atoms with Crippen LogP contribution in [0.2, 0.25) is 0 Å². The summed E-state index contributed by atoms with van der Waals surface area (Å²) in [6, 6.07) is 11.2. The highest BCUT2D eigenvalue weighted by molar-refractivity contribution is 9.10. The van der Waals surface area contributed by atoms with Crippen molar-refractivity contribution < 1.29 is 4.92 Å². The number of nitrogens with zero attached hydrogens (tertiary/aromatic N) is 2. The molecule has 3 aromatic rings. The molecular weight excluding hydrogens is 358 g/mol. The fraction of sp³-hybridized carbons (Fsp3) is 0.176. The van der Waals surface area contributed by atoms with E-state index in [1.165, 1.54) is 5.56 Å². The van der Waals surface area contributed by atoms with Crippen molar-refractivity contribution >= 4 is 38.2 Å². The Balaban J connectivity index is 1.93. The number of halogens is 1. The first kappa shape index (κ1) is 15.6. The van der Waals surface area contributed by atoms with Gasteiger partial charge in [-0.1, -0.05) is 6.07 Å². The number of nitro benzene ring substituents is 1. The maximum atomic E-state index is 10.8. The van der Waals surface area contributed by atoms with Gasteiger partial charge in [-0.25, -0.2) is 0 Å². The van der Waals surface area contributed by atoms with E-state index in [0.717, 1.165) is 33.0 Å². The van der Waals surface area contributed by atoms with Crippen LogP contribution in [0, 0.1) is 10.1 Å². The number of nitro groups is 1. The molecule has 1 heterocycles. The molecule has 0 aliphatic rings. The minimum Gasteiger partial charge on any atom is -0.377 e. The van der Waals surface area contributed by atoms with Crippen LogP contribution in [-0.4, -0.2) is 24.0 Å². The van der Waals surface area contributed by atoms with Crippen LogP contribution < -0.4 is 4.90 Å². The van der Waals surface area contributed by atoms with Crippen molar-refractivity contribution in [1.82, 2.24) is 4.98 Å². The quantitative estimate of drug-likeness (QED) is 0.541. The van der Waals surface area contributed by atoms with E-state index in [1.807, 2.05) is 26.4 Å². The largest absolute Gasteiger partial charge is 0.377 e. The van der Waals surface area contributed by atoms with E-state index in [2.05, 4.69) is 44.0 Å². The molecule has 0 unspecified atom stereocenters. The molecule has 0 spiro atoms. The summed E-state index contributed by atoms with van der Waals surface area (Å²) in [6.45, 7) is 0. The maximum Gasteiger partial charge on any atom is 0.271 e. The summed E-state index contributed by atoms with van der Waals surface area (Å²) in [7, 11) is 4.01. The van der Waals surface area contributed by atoms with Crippen molar-refractivity contribution in [1.29, 1.82) is 0 Å². The first-order chi connectivity index (χ1) is 11.0. The lowest BCUT2D eigenvalue weighted by Crippen LogP contribution is -2.09. The second-order valence-electron chi connectivity index (χ2n) is 5.66. The fourth-order valence-corrected chi connectivity index (χ4v) is 3.46. The van der Waals surface area contributed by atoms with Gasteiger partial charge in [0.15, 0.2) is 0 Å². The third-order valence-corrected chi connectivity index (χ3v) is 4.49. The van der Waals surface area contributed by atoms with E-state index in [9.17, 15) is 10.1 Å². The standard InChI is InChI=1S/C17H16BrN3O2/c1-20(2)17-6-3-11(8-15(17)18)7-12-10-19-16-9-13(21(22)23)4-5-14(12)16/h3-6,8-10,19H,7H2,1-2H3. The minimum absolute atomic E-state index is 0.101. The number of H-pyrrole nitrogens is 1. The topological polar surface area (TPSA) is 62.2 Å². The summed E-state index contributed by atoms with van der Waals surface area (Å²) >= 11 is 3.60. The van der Waals surface area contributed by atoms with E-state index >= 15 is 0 Å². The molecule has 0 fully saturated rings. The number of aromatic nitrogens is 1. The molecule has 0 atom stereocenters. The molecule has 1 aromatic heterocycles. The van der Waals surface area contributed by atoms with Crippen molar-refractivity contribution in [2.45, 2.75) is 6.42 Å². The molecule has 0 aliphatic heterocycles. The Bertz CT molecular complexity index is 887. The maximum absolute atomic E-state index is 10.8. The summed E-state index contributed by atoms with van der Waals surface area (Å²) in [5.41, 5.74) is 4.33. The number of hydrogen-bond donors (Lipinski definition) is 1. The van der Waals surface area contributed by atoms with Crippen LogP contribution in [-0.2, 0) is 6.42 Å². The monoisotopic (exact) mass is 373 g/mol. The number of aromatic amines is 1. The van der Waals surface area contributed by atoms with Crippen molar-refractivity contribution in [3.8, 4) is 0 Å². The van der Waals surface area contributed by atoms with Gasteiger partial charge in [-0.3, -0.25) is 10.1 Å². The second-order valence-corrected chi connectivity index (χ2v) is 6.51. The number of hydrogen-bond acceptors (Lipinski definition) is 3. The number of benzene rings is 2. The highest BCUT2D eigenvalue weighted by atomic mass is 79.9. The smallest absolute Gasteiger partial charge is 0.271 e. The zero-order chi connectivity index (χ0) is 16.6. The molecule has 23 heavy (non-hydrogen) atoms. The van der Waals surface area contributed by atoms with Gasteiger partial charge in [-0.05, 0) is 51.7 Å². The molecule has 0 saturated carbocycles. The summed E-state index contributed by atoms with van der Waals surface area (Å²) in [5.74, 6) is 0. The van der Waals surface area contributed by atoms with Gasteiger partial charge < -0.3 is 9.88 Å². The highest BCUT2D eigenvalue weighted by Crippen LogP contribution is 2.29. The van der Waals surface area contributed by atoms with Crippen LogP contribution in [0.25, 0.3) is 10.9 Å². The average molecular weight is 374 g/mol. The van der Waals surface area contributed by atoms with Crippen molar-refractivity contribution in [3.63, 3.8) is 0 Å². The van der Waals surface area contributed by atoms with Crippen molar-refractivity contribution in [2.24, 2.45) is 0 Å². The third kappa shape index (κ3) is 3.07. The third-order valence-electron chi connectivity index (χ3n) is 3.85. The predicted octanol–water partition coefficient (Wildman–Crippen LogP) is 4.50. The Morgan fingerprint density at radius 1 is 1.22 bits per heavy atom. The van der Waals surface area contributed by atoms with Gasteiger partial charge in [0.25, 0.3) is 5.69 Å². The molecule has 0 amide bonds. The minimum atomic E-state index is -0.378. The van der Waals surface area contributed by atoms with Gasteiger partial charge in [0.05, 0.1) is 16.1 Å². The summed E-state index contributed by atoms with van der Waals surface area (Å²) in [6.07, 6.45) is 2.69. The first-order valence-electron chi connectivity index (χ1n) is 7.16. The molecule has 118 valence electrons. The Morgan fingerprint density at radius 3 is 2.65 bits per heavy atom. The molecule has 0 bridgehead atoms. The van der Waals surface area contributed by atoms with Gasteiger partial charge in [0.1, 0.15) is 0 Å². The average Bonchev–Trinajstić information content (AvgIpc) is 2.89. The Morgan fingerprint density at radius 2 is 2.00 bits per heavy atom. The van der Waals surface area contributed by atoms with Crippen LogP contribution in [0.15, 0.2) is 47.1 Å². The van der Waals surface area contributed by atoms with E-state index in [0.29, 0.717) is 0 Å². The lowest BCUT2D eigenvalue weighted by molar-refractivity contribution is -0.384. The molecule has 3 rings (SSSR count). The Hall–Kier alpha value is -2.34. The van der Waals surface area contributed by atoms with Gasteiger partial charge in [0, 0.05) is 42.3 Å². The van der Waals surface area contributed by atoms with Crippen LogP contribution >= 0.6 is 15.9 Å². The molecular formula is C17H16BrN3O2. The van der Waals surface area contributed by atoms with E-state index in [4.69, 9.17) is 0 Å². The van der Waals surface area contributed by atoms with Crippen LogP contribution in [0.3, 0.4) is 0 Å². The number of fused-ring (bicyclic) bond motifs is 1. The molecule has 6 heteroatoms. The number of non-ortho nitro benzene ring substituents is 1.